The number of piperazine rings is 2. The minimum absolute atomic E-state index is 0. The van der Waals surface area contributed by atoms with E-state index in [0.29, 0.717) is 89.8 Å². The van der Waals surface area contributed by atoms with Crippen molar-refractivity contribution in [2.75, 3.05) is 96.1 Å². The first kappa shape index (κ1) is 66.0. The maximum Gasteiger partial charge on any atom is 0.330 e. The Morgan fingerprint density at radius 3 is 1.49 bits per heavy atom. The topological polar surface area (TPSA) is 218 Å². The number of hydrogen-bond donors (Lipinski definition) is 1. The van der Waals surface area contributed by atoms with Gasteiger partial charge in [0.05, 0.1) is 57.1 Å². The summed E-state index contributed by atoms with van der Waals surface area (Å²) in [4.78, 5) is 22.3. The summed E-state index contributed by atoms with van der Waals surface area (Å²) in [6.45, 7) is 16.3. The van der Waals surface area contributed by atoms with Crippen LogP contribution in [-0.4, -0.2) is 163 Å². The molecule has 2 fully saturated rings. The van der Waals surface area contributed by atoms with E-state index in [1.54, 1.807) is 46.7 Å². The monoisotopic (exact) mass is 1270 g/mol. The molecule has 8 aliphatic heterocycles. The van der Waals surface area contributed by atoms with Crippen LogP contribution in [0, 0.1) is 50.4 Å². The molecule has 93 heavy (non-hydrogen) atoms. The van der Waals surface area contributed by atoms with Gasteiger partial charge in [-0.25, -0.2) is 4.79 Å². The normalized spacial score (nSPS) is 24.1. The first-order valence-electron chi connectivity index (χ1n) is 31.0. The smallest absolute Gasteiger partial charge is 0.330 e. The summed E-state index contributed by atoms with van der Waals surface area (Å²) < 4.78 is 77.8. The second-order valence-corrected chi connectivity index (χ2v) is 24.3. The molecule has 0 amide bonds. The molecule has 21 heteroatoms. The lowest BCUT2D eigenvalue weighted by atomic mass is 9.71. The van der Waals surface area contributed by atoms with Crippen molar-refractivity contribution in [3.05, 3.63) is 146 Å². The van der Waals surface area contributed by atoms with Crippen molar-refractivity contribution >= 4 is 12.0 Å². The summed E-state index contributed by atoms with van der Waals surface area (Å²) in [6.07, 6.45) is 8.92. The van der Waals surface area contributed by atoms with Crippen molar-refractivity contribution in [2.24, 2.45) is 0 Å². The highest BCUT2D eigenvalue weighted by molar-refractivity contribution is 5.87. The fourth-order valence-corrected chi connectivity index (χ4v) is 16.1. The minimum Gasteiger partial charge on any atom is -0.493 e. The van der Waals surface area contributed by atoms with Crippen molar-refractivity contribution in [1.82, 2.24) is 19.6 Å². The molecule has 4 bridgehead atoms. The molecule has 10 atom stereocenters. The molecule has 8 heterocycles. The van der Waals surface area contributed by atoms with E-state index >= 15 is 0 Å². The lowest BCUT2D eigenvalue weighted by Gasteiger charge is -2.59. The van der Waals surface area contributed by atoms with Crippen molar-refractivity contribution in [1.29, 1.82) is 10.5 Å². The van der Waals surface area contributed by atoms with Crippen LogP contribution < -0.4 is 47.4 Å². The van der Waals surface area contributed by atoms with Crippen molar-refractivity contribution < 1.29 is 71.5 Å². The summed E-state index contributed by atoms with van der Waals surface area (Å²) in [7, 11) is 10.6. The van der Waals surface area contributed by atoms with Gasteiger partial charge in [0.15, 0.2) is 59.6 Å². The van der Waals surface area contributed by atoms with Gasteiger partial charge >= 0.3 is 5.97 Å². The Labute approximate surface area is 544 Å². The Morgan fingerprint density at radius 2 is 1.06 bits per heavy atom. The predicted molar refractivity (Wildman–Crippen MR) is 346 cm³/mol. The SMILES string of the molecule is C.C=CCOc1c(C)c2c(c3c1CC1[C@H]4c5c(cc(C)c(OC)c5OCOC)C[C@@H]([C@H](C#N)N1[C@H]3CO)N4C)OCO2.C=CCOc1c(C)c2c(c3c1CC1[C@H]4c5c(cc(C)c(OC)c5OCOC)C[C@@H]([C@H](C#N)N1[C@H]3COC(=O)/C=C/c1ccccc1)N4C)OCO2. The molecule has 8 aliphatic rings. The summed E-state index contributed by atoms with van der Waals surface area (Å²) in [5, 5.41) is 32.6. The Morgan fingerprint density at radius 1 is 0.613 bits per heavy atom. The number of benzene rings is 5. The van der Waals surface area contributed by atoms with E-state index in [-0.39, 0.29) is 90.7 Å². The van der Waals surface area contributed by atoms with Crippen LogP contribution in [0.1, 0.15) is 104 Å². The van der Waals surface area contributed by atoms with E-state index in [4.69, 9.17) is 61.6 Å². The maximum atomic E-state index is 13.3. The second-order valence-electron chi connectivity index (χ2n) is 24.3. The lowest BCUT2D eigenvalue weighted by Crippen LogP contribution is -2.68. The zero-order valence-electron chi connectivity index (χ0n) is 53.9. The third kappa shape index (κ3) is 11.1. The molecule has 0 spiro atoms. The number of aliphatic hydroxyl groups excluding tert-OH is 1. The quantitative estimate of drug-likeness (QED) is 0.0352. The van der Waals surface area contributed by atoms with Gasteiger partial charge in [-0.2, -0.15) is 10.5 Å². The number of methoxy groups -OCH3 is 4. The maximum absolute atomic E-state index is 13.3. The number of likely N-dealkylation sites (N-methyl/N-ethyl adjacent to an activating group) is 2. The standard InChI is InChI=1S/C40H43N3O8.C31H37N3O7.CH4/c1-7-15-47-37-24(3)38-40(51-22-50-38)34-27(37)18-29-35-33-26(16-23(2)36(46-6)39(33)49-21-45-5)17-28(42(35)4)30(19-41)43(29)31(34)20-48-32(44)14-13-25-11-9-8-10-12-25;1-7-8-38-28-17(3)29-31(41-15-40-29)25-19(28)11-21-26-24-18(9-16(2)27(37-6)30(24)39-14-36-5)10-20(33(26)4)22(12-32)34(21)23(25)13-35;/h7-14,16,28-31,35H,1,15,17-18,20-22H2,2-6H3;7,9,20-23,26,35H,1,8,10-11,13-15H2,2-6H3;1H4/b14-13+;;/t28-,29?,30-,31-,35-;20-,21?,22-,23-,26-;/m00./s1. The molecule has 1 N–H and O–H groups in total. The van der Waals surface area contributed by atoms with Crippen LogP contribution in [0.2, 0.25) is 0 Å². The van der Waals surface area contributed by atoms with Crippen LogP contribution in [0.4, 0.5) is 0 Å². The first-order valence-corrected chi connectivity index (χ1v) is 31.0. The largest absolute Gasteiger partial charge is 0.493 e. The van der Waals surface area contributed by atoms with Gasteiger partial charge in [0, 0.05) is 89.0 Å². The van der Waals surface area contributed by atoms with E-state index in [1.165, 1.54) is 6.08 Å². The van der Waals surface area contributed by atoms with E-state index in [0.717, 1.165) is 72.3 Å². The van der Waals surface area contributed by atoms with Gasteiger partial charge in [-0.15, -0.1) is 0 Å². The molecule has 5 aromatic carbocycles. The summed E-state index contributed by atoms with van der Waals surface area (Å²) in [6, 6.07) is 16.0. The van der Waals surface area contributed by atoms with Crippen LogP contribution in [-0.2, 0) is 44.7 Å². The van der Waals surface area contributed by atoms with Crippen LogP contribution in [0.3, 0.4) is 0 Å². The zero-order valence-corrected chi connectivity index (χ0v) is 53.9. The van der Waals surface area contributed by atoms with Crippen LogP contribution >= 0.6 is 0 Å². The first-order chi connectivity index (χ1) is 44.7. The number of nitriles is 2. The molecular formula is C72H84N6O15. The number of rotatable bonds is 19. The predicted octanol–water partition coefficient (Wildman–Crippen LogP) is 9.60. The fraction of sp³-hybridized carbons (Fsp3) is 0.458. The lowest BCUT2D eigenvalue weighted by molar-refractivity contribution is -0.143. The Kier molecular flexibility index (Phi) is 19.6. The van der Waals surface area contributed by atoms with E-state index in [9.17, 15) is 20.4 Å². The van der Waals surface area contributed by atoms with Gasteiger partial charge in [-0.1, -0.05) is 75.2 Å². The molecule has 0 radical (unpaired) electrons. The molecule has 13 rings (SSSR count). The molecule has 2 unspecified atom stereocenters. The third-order valence-corrected chi connectivity index (χ3v) is 19.6. The van der Waals surface area contributed by atoms with Gasteiger partial charge in [0.1, 0.15) is 43.4 Å². The highest BCUT2D eigenvalue weighted by atomic mass is 16.7. The highest BCUT2D eigenvalue weighted by Crippen LogP contribution is 2.61. The summed E-state index contributed by atoms with van der Waals surface area (Å²) in [5.74, 6) is 5.96. The molecule has 492 valence electrons. The molecule has 0 saturated carbocycles. The van der Waals surface area contributed by atoms with Gasteiger partial charge in [-0.05, 0) is 101 Å². The van der Waals surface area contributed by atoms with Crippen LogP contribution in [0.15, 0.2) is 73.9 Å². The summed E-state index contributed by atoms with van der Waals surface area (Å²) in [5.41, 5.74) is 12.3. The average Bonchev–Trinajstić information content (AvgIpc) is 0.959. The molecule has 0 aliphatic carbocycles. The van der Waals surface area contributed by atoms with Crippen molar-refractivity contribution in [3.63, 3.8) is 0 Å². The molecule has 2 saturated heterocycles. The molecule has 0 aromatic heterocycles. The number of hydrogen-bond acceptors (Lipinski definition) is 21. The van der Waals surface area contributed by atoms with E-state index in [2.05, 4.69) is 71.1 Å². The number of fused-ring (bicyclic) bond motifs is 18. The average molecular weight is 1270 g/mol. The van der Waals surface area contributed by atoms with Gasteiger partial charge in [0.25, 0.3) is 0 Å². The van der Waals surface area contributed by atoms with E-state index < -0.39 is 30.1 Å². The summed E-state index contributed by atoms with van der Waals surface area (Å²) >= 11 is 0. The number of carbonyl (C=O) groups excluding carboxylic acids is 1. The minimum atomic E-state index is -0.560. The number of aryl methyl sites for hydroxylation is 2. The second kappa shape index (κ2) is 27.6. The number of nitrogens with zero attached hydrogens (tertiary/aromatic N) is 6. The van der Waals surface area contributed by atoms with Crippen molar-refractivity contribution in [3.8, 4) is 69.6 Å². The number of aliphatic hydroxyl groups is 1. The molecular weight excluding hydrogens is 1190 g/mol. The van der Waals surface area contributed by atoms with Crippen LogP contribution in [0.25, 0.3) is 6.08 Å². The van der Waals surface area contributed by atoms with E-state index in [1.807, 2.05) is 58.0 Å². The zero-order chi connectivity index (χ0) is 64.8. The Hall–Kier alpha value is -8.51. The van der Waals surface area contributed by atoms with Gasteiger partial charge in [0.2, 0.25) is 13.6 Å². The Bertz CT molecular complexity index is 3810. The fourth-order valence-electron chi connectivity index (χ4n) is 16.1. The molecule has 21 nitrogen and oxygen atoms in total. The highest BCUT2D eigenvalue weighted by Gasteiger charge is 2.59. The van der Waals surface area contributed by atoms with Gasteiger partial charge in [-0.3, -0.25) is 19.6 Å². The Balaban J connectivity index is 0.000000192. The third-order valence-electron chi connectivity index (χ3n) is 19.6. The van der Waals surface area contributed by atoms with Gasteiger partial charge < -0.3 is 66.7 Å². The number of ether oxygens (including phenoxy) is 13. The van der Waals surface area contributed by atoms with Crippen LogP contribution in [0.5, 0.6) is 57.5 Å². The number of carbonyl (C=O) groups is 1. The number of esters is 1. The molecule has 5 aromatic rings. The van der Waals surface area contributed by atoms with Crippen molar-refractivity contribution in [2.45, 2.75) is 121 Å².